The Labute approximate surface area is 83.7 Å². The topological polar surface area (TPSA) is 9.23 Å². The Morgan fingerprint density at radius 1 is 1.46 bits per heavy atom. The maximum Gasteiger partial charge on any atom is 0.176 e. The number of fused-ring (bicyclic) bond motifs is 1. The summed E-state index contributed by atoms with van der Waals surface area (Å²) in [5, 5.41) is 3.38. The summed E-state index contributed by atoms with van der Waals surface area (Å²) in [6.45, 7) is 4.68. The molecule has 0 N–H and O–H groups in total. The molecule has 1 nitrogen and oxygen atoms in total. The highest BCUT2D eigenvalue weighted by Gasteiger charge is 2.28. The van der Waals surface area contributed by atoms with Crippen molar-refractivity contribution in [2.24, 2.45) is 5.41 Å². The predicted octanol–water partition coefficient (Wildman–Crippen LogP) is 3.27. The predicted molar refractivity (Wildman–Crippen MR) is 56.7 cm³/mol. The molecule has 0 fully saturated rings. The fourth-order valence-electron chi connectivity index (χ4n) is 2.00. The summed E-state index contributed by atoms with van der Waals surface area (Å²) in [5.41, 5.74) is 3.44. The van der Waals surface area contributed by atoms with Crippen LogP contribution in [0.1, 0.15) is 31.4 Å². The van der Waals surface area contributed by atoms with Crippen molar-refractivity contribution in [3.8, 4) is 5.06 Å². The fraction of sp³-hybridized carbons (Fsp3) is 0.636. The third kappa shape index (κ3) is 1.60. The second-order valence-corrected chi connectivity index (χ2v) is 5.41. The smallest absolute Gasteiger partial charge is 0.176 e. The largest absolute Gasteiger partial charge is 0.487 e. The molecule has 72 valence electrons. The van der Waals surface area contributed by atoms with Crippen LogP contribution in [0.25, 0.3) is 0 Å². The quantitative estimate of drug-likeness (QED) is 0.670. The zero-order chi connectivity index (χ0) is 9.47. The maximum absolute atomic E-state index is 5.36. The Hall–Kier alpha value is -0.500. The van der Waals surface area contributed by atoms with Crippen LogP contribution in [0.3, 0.4) is 0 Å². The summed E-state index contributed by atoms with van der Waals surface area (Å²) in [6.07, 6.45) is 3.71. The van der Waals surface area contributed by atoms with Crippen LogP contribution in [0.4, 0.5) is 0 Å². The van der Waals surface area contributed by atoms with Crippen LogP contribution in [0.15, 0.2) is 5.38 Å². The zero-order valence-corrected chi connectivity index (χ0v) is 9.33. The minimum absolute atomic E-state index is 0.460. The van der Waals surface area contributed by atoms with Gasteiger partial charge < -0.3 is 4.74 Å². The van der Waals surface area contributed by atoms with Crippen LogP contribution >= 0.6 is 11.3 Å². The van der Waals surface area contributed by atoms with Gasteiger partial charge in [-0.05, 0) is 35.6 Å². The normalized spacial score (nSPS) is 19.6. The molecule has 1 aliphatic rings. The average Bonchev–Trinajstić information content (AvgIpc) is 2.44. The molecule has 0 atom stereocenters. The SMILES string of the molecule is COc1scc2c1CC(C)(C)CC2. The first-order valence-electron chi connectivity index (χ1n) is 4.76. The number of ether oxygens (including phenoxy) is 1. The lowest BCUT2D eigenvalue weighted by Crippen LogP contribution is -2.21. The highest BCUT2D eigenvalue weighted by molar-refractivity contribution is 7.12. The third-order valence-corrected chi connectivity index (χ3v) is 3.88. The molecule has 1 heterocycles. The van der Waals surface area contributed by atoms with Gasteiger partial charge in [0, 0.05) is 5.56 Å². The van der Waals surface area contributed by atoms with Crippen LogP contribution in [0.5, 0.6) is 5.06 Å². The molecule has 13 heavy (non-hydrogen) atoms. The first kappa shape index (κ1) is 9.07. The van der Waals surface area contributed by atoms with Crippen molar-refractivity contribution in [3.63, 3.8) is 0 Å². The molecule has 0 aliphatic heterocycles. The van der Waals surface area contributed by atoms with Gasteiger partial charge in [-0.2, -0.15) is 0 Å². The molecular weight excluding hydrogens is 180 g/mol. The van der Waals surface area contributed by atoms with Crippen LogP contribution in [0.2, 0.25) is 0 Å². The first-order valence-corrected chi connectivity index (χ1v) is 5.63. The van der Waals surface area contributed by atoms with Crippen LogP contribution in [0, 0.1) is 5.41 Å². The second kappa shape index (κ2) is 3.02. The monoisotopic (exact) mass is 196 g/mol. The van der Waals surface area contributed by atoms with E-state index < -0.39 is 0 Å². The van der Waals surface area contributed by atoms with E-state index in [1.165, 1.54) is 30.4 Å². The van der Waals surface area contributed by atoms with E-state index in [9.17, 15) is 0 Å². The first-order chi connectivity index (χ1) is 6.12. The number of rotatable bonds is 1. The molecule has 1 aromatic heterocycles. The van der Waals surface area contributed by atoms with Crippen molar-refractivity contribution in [2.75, 3.05) is 7.11 Å². The highest BCUT2D eigenvalue weighted by Crippen LogP contribution is 2.42. The van der Waals surface area contributed by atoms with E-state index in [1.807, 2.05) is 0 Å². The van der Waals surface area contributed by atoms with Crippen molar-refractivity contribution < 1.29 is 4.74 Å². The molecule has 0 saturated carbocycles. The number of thiophene rings is 1. The molecule has 0 radical (unpaired) electrons. The Bertz CT molecular complexity index is 298. The van der Waals surface area contributed by atoms with Crippen molar-refractivity contribution in [3.05, 3.63) is 16.5 Å². The molecule has 0 aromatic carbocycles. The lowest BCUT2D eigenvalue weighted by atomic mass is 9.76. The summed E-state index contributed by atoms with van der Waals surface area (Å²) in [4.78, 5) is 0. The van der Waals surface area contributed by atoms with Gasteiger partial charge in [0.15, 0.2) is 5.06 Å². The Kier molecular flexibility index (Phi) is 2.11. The van der Waals surface area contributed by atoms with E-state index in [0.717, 1.165) is 5.06 Å². The summed E-state index contributed by atoms with van der Waals surface area (Å²) >= 11 is 1.74. The molecule has 0 amide bonds. The van der Waals surface area contributed by atoms with Gasteiger partial charge in [0.25, 0.3) is 0 Å². The summed E-state index contributed by atoms with van der Waals surface area (Å²) in [5.74, 6) is 0. The van der Waals surface area contributed by atoms with E-state index in [-0.39, 0.29) is 0 Å². The van der Waals surface area contributed by atoms with E-state index in [4.69, 9.17) is 4.74 Å². The highest BCUT2D eigenvalue weighted by atomic mass is 32.1. The Morgan fingerprint density at radius 2 is 2.23 bits per heavy atom. The van der Waals surface area contributed by atoms with E-state index in [0.29, 0.717) is 5.41 Å². The number of hydrogen-bond acceptors (Lipinski definition) is 2. The number of methoxy groups -OCH3 is 1. The molecule has 0 bridgehead atoms. The van der Waals surface area contributed by atoms with Crippen molar-refractivity contribution >= 4 is 11.3 Å². The lowest BCUT2D eigenvalue weighted by Gasteiger charge is -2.29. The molecular formula is C11H16OS. The van der Waals surface area contributed by atoms with Crippen molar-refractivity contribution in [1.29, 1.82) is 0 Å². The van der Waals surface area contributed by atoms with Gasteiger partial charge in [-0.25, -0.2) is 0 Å². The maximum atomic E-state index is 5.36. The van der Waals surface area contributed by atoms with Gasteiger partial charge >= 0.3 is 0 Å². The van der Waals surface area contributed by atoms with Gasteiger partial charge in [0.05, 0.1) is 7.11 Å². The standard InChI is InChI=1S/C11H16OS/c1-11(2)5-4-8-7-13-10(12-3)9(8)6-11/h7H,4-6H2,1-3H3. The fourth-order valence-corrected chi connectivity index (χ4v) is 2.96. The average molecular weight is 196 g/mol. The van der Waals surface area contributed by atoms with Gasteiger partial charge in [0.1, 0.15) is 0 Å². The van der Waals surface area contributed by atoms with Gasteiger partial charge in [-0.1, -0.05) is 13.8 Å². The van der Waals surface area contributed by atoms with Crippen LogP contribution in [-0.4, -0.2) is 7.11 Å². The Balaban J connectivity index is 2.36. The molecule has 1 aromatic rings. The molecule has 2 heteroatoms. The van der Waals surface area contributed by atoms with Crippen molar-refractivity contribution in [2.45, 2.75) is 33.1 Å². The number of aryl methyl sites for hydroxylation is 1. The van der Waals surface area contributed by atoms with Crippen LogP contribution in [-0.2, 0) is 12.8 Å². The zero-order valence-electron chi connectivity index (χ0n) is 8.52. The van der Waals surface area contributed by atoms with Crippen LogP contribution < -0.4 is 4.74 Å². The van der Waals surface area contributed by atoms with E-state index in [2.05, 4.69) is 19.2 Å². The van der Waals surface area contributed by atoms with E-state index in [1.54, 1.807) is 18.4 Å². The summed E-state index contributed by atoms with van der Waals surface area (Å²) in [6, 6.07) is 0. The Morgan fingerprint density at radius 3 is 2.92 bits per heavy atom. The third-order valence-electron chi connectivity index (χ3n) is 2.85. The van der Waals surface area contributed by atoms with Crippen molar-refractivity contribution in [1.82, 2.24) is 0 Å². The molecule has 0 spiro atoms. The van der Waals surface area contributed by atoms with Gasteiger partial charge in [-0.3, -0.25) is 0 Å². The number of hydrogen-bond donors (Lipinski definition) is 0. The molecule has 0 unspecified atom stereocenters. The lowest BCUT2D eigenvalue weighted by molar-refractivity contribution is 0.308. The molecule has 1 aliphatic carbocycles. The van der Waals surface area contributed by atoms with E-state index >= 15 is 0 Å². The molecule has 0 saturated heterocycles. The minimum atomic E-state index is 0.460. The second-order valence-electron chi connectivity index (χ2n) is 4.57. The molecule has 2 rings (SSSR count). The minimum Gasteiger partial charge on any atom is -0.487 e. The summed E-state index contributed by atoms with van der Waals surface area (Å²) in [7, 11) is 1.77. The van der Waals surface area contributed by atoms with Gasteiger partial charge in [0.2, 0.25) is 0 Å². The van der Waals surface area contributed by atoms with Gasteiger partial charge in [-0.15, -0.1) is 11.3 Å². The summed E-state index contributed by atoms with van der Waals surface area (Å²) < 4.78 is 5.36.